The average molecular weight is 264 g/mol. The fraction of sp³-hybridized carbons (Fsp3) is 0.167. The summed E-state index contributed by atoms with van der Waals surface area (Å²) in [5.74, 6) is -1.25. The number of fused-ring (bicyclic) bond motifs is 2. The summed E-state index contributed by atoms with van der Waals surface area (Å²) < 4.78 is 0. The van der Waals surface area contributed by atoms with Gasteiger partial charge in [0.25, 0.3) is 0 Å². The normalized spacial score (nSPS) is 14.1. The van der Waals surface area contributed by atoms with E-state index in [1.807, 2.05) is 30.3 Å². The fourth-order valence-electron chi connectivity index (χ4n) is 2.57. The van der Waals surface area contributed by atoms with Crippen molar-refractivity contribution >= 4 is 18.1 Å². The molecule has 0 aromatic heterocycles. The van der Waals surface area contributed by atoms with Crippen molar-refractivity contribution in [1.29, 1.82) is 0 Å². The third kappa shape index (κ3) is 2.25. The number of hydrogen-bond acceptors (Lipinski definition) is 1. The van der Waals surface area contributed by atoms with Crippen molar-refractivity contribution in [2.24, 2.45) is 0 Å². The van der Waals surface area contributed by atoms with Crippen LogP contribution in [0.15, 0.2) is 42.5 Å². The smallest absolute Gasteiger partial charge is 0.310 e. The van der Waals surface area contributed by atoms with Crippen LogP contribution in [0, 0.1) is 0 Å². The van der Waals surface area contributed by atoms with Crippen LogP contribution >= 0.6 is 0 Å². The molecule has 2 aromatic rings. The molecular weight excluding hydrogens is 248 g/mol. The van der Waals surface area contributed by atoms with Gasteiger partial charge in [-0.05, 0) is 46.5 Å². The van der Waals surface area contributed by atoms with Crippen molar-refractivity contribution in [2.45, 2.75) is 19.3 Å². The van der Waals surface area contributed by atoms with Crippen molar-refractivity contribution in [2.75, 3.05) is 0 Å². The Balaban J connectivity index is 2.12. The van der Waals surface area contributed by atoms with E-state index in [1.54, 1.807) is 6.92 Å². The number of aliphatic carboxylic acids is 1. The summed E-state index contributed by atoms with van der Waals surface area (Å²) in [5, 5.41) is 11.6. The second kappa shape index (κ2) is 4.97. The molecule has 0 radical (unpaired) electrons. The fourth-order valence-corrected chi connectivity index (χ4v) is 2.57. The van der Waals surface area contributed by atoms with Crippen molar-refractivity contribution in [3.05, 3.63) is 69.6 Å². The first-order chi connectivity index (χ1) is 9.65. The van der Waals surface area contributed by atoms with Crippen LogP contribution in [0.25, 0.3) is 12.2 Å². The lowest BCUT2D eigenvalue weighted by atomic mass is 9.95. The van der Waals surface area contributed by atoms with Crippen LogP contribution in [0.2, 0.25) is 0 Å². The molecule has 0 amide bonds. The lowest BCUT2D eigenvalue weighted by molar-refractivity contribution is -0.138. The lowest BCUT2D eigenvalue weighted by Crippen LogP contribution is -2.22. The molecule has 2 aromatic carbocycles. The van der Waals surface area contributed by atoms with Crippen molar-refractivity contribution in [3.63, 3.8) is 0 Å². The quantitative estimate of drug-likeness (QED) is 0.901. The van der Waals surface area contributed by atoms with Crippen molar-refractivity contribution in [3.8, 4) is 0 Å². The number of carboxylic acids is 1. The highest BCUT2D eigenvalue weighted by atomic mass is 16.4. The van der Waals surface area contributed by atoms with Gasteiger partial charge in [0.05, 0.1) is 5.92 Å². The largest absolute Gasteiger partial charge is 0.481 e. The number of rotatable bonds is 2. The third-order valence-corrected chi connectivity index (χ3v) is 3.89. The first-order valence-corrected chi connectivity index (χ1v) is 6.78. The van der Waals surface area contributed by atoms with Gasteiger partial charge in [0.1, 0.15) is 0 Å². The minimum atomic E-state index is -0.783. The molecule has 0 fully saturated rings. The van der Waals surface area contributed by atoms with Crippen LogP contribution < -0.4 is 10.4 Å². The number of benzene rings is 2. The summed E-state index contributed by atoms with van der Waals surface area (Å²) in [6.07, 6.45) is 5.21. The molecule has 1 atom stereocenters. The van der Waals surface area contributed by atoms with Gasteiger partial charge < -0.3 is 5.11 Å². The molecule has 2 nitrogen and oxygen atoms in total. The first kappa shape index (κ1) is 12.7. The summed E-state index contributed by atoms with van der Waals surface area (Å²) in [6, 6.07) is 14.3. The summed E-state index contributed by atoms with van der Waals surface area (Å²) in [5.41, 5.74) is 3.23. The van der Waals surface area contributed by atoms with Gasteiger partial charge in [-0.25, -0.2) is 0 Å². The Bertz CT molecular complexity index is 787. The monoisotopic (exact) mass is 264 g/mol. The van der Waals surface area contributed by atoms with E-state index in [9.17, 15) is 4.79 Å². The molecule has 0 spiro atoms. The molecule has 2 heteroatoms. The van der Waals surface area contributed by atoms with Crippen molar-refractivity contribution in [1.82, 2.24) is 0 Å². The highest BCUT2D eigenvalue weighted by molar-refractivity contribution is 5.76. The van der Waals surface area contributed by atoms with Crippen LogP contribution in [0.1, 0.15) is 29.5 Å². The van der Waals surface area contributed by atoms with Gasteiger partial charge in [0.2, 0.25) is 0 Å². The van der Waals surface area contributed by atoms with Gasteiger partial charge in [0, 0.05) is 0 Å². The van der Waals surface area contributed by atoms with Gasteiger partial charge in [-0.1, -0.05) is 48.5 Å². The molecule has 100 valence electrons. The van der Waals surface area contributed by atoms with E-state index in [-0.39, 0.29) is 0 Å². The Kier molecular flexibility index (Phi) is 3.15. The summed E-state index contributed by atoms with van der Waals surface area (Å²) in [7, 11) is 0. The molecular formula is C18H16O2. The van der Waals surface area contributed by atoms with Gasteiger partial charge >= 0.3 is 5.97 Å². The maximum absolute atomic E-state index is 11.1. The third-order valence-electron chi connectivity index (χ3n) is 3.89. The van der Waals surface area contributed by atoms with Gasteiger partial charge in [-0.2, -0.15) is 0 Å². The SMILES string of the molecule is CC(C(=O)O)c1ccc2c(c1)CC=c1ccccc1=C2. The van der Waals surface area contributed by atoms with Crippen LogP contribution in [-0.2, 0) is 11.2 Å². The topological polar surface area (TPSA) is 37.3 Å². The van der Waals surface area contributed by atoms with Gasteiger partial charge in [-0.15, -0.1) is 0 Å². The Labute approximate surface area is 117 Å². The molecule has 0 heterocycles. The Hall–Kier alpha value is -2.35. The highest BCUT2D eigenvalue weighted by Gasteiger charge is 2.15. The zero-order valence-electron chi connectivity index (χ0n) is 11.3. The molecule has 0 saturated heterocycles. The predicted octanol–water partition coefficient (Wildman–Crippen LogP) is 2.04. The average Bonchev–Trinajstić information content (AvgIpc) is 2.64. The van der Waals surface area contributed by atoms with E-state index in [2.05, 4.69) is 24.3 Å². The van der Waals surface area contributed by atoms with Gasteiger partial charge in [-0.3, -0.25) is 4.79 Å². The second-order valence-electron chi connectivity index (χ2n) is 5.20. The standard InChI is InChI=1S/C18H16O2/c1-12(18(19)20)14-7-9-17-11-15-5-3-2-4-13(15)6-8-16(17)10-14/h2-7,9-12H,8H2,1H3,(H,19,20). The number of carboxylic acid groups (broad SMARTS) is 1. The van der Waals surface area contributed by atoms with Crippen LogP contribution in [0.5, 0.6) is 0 Å². The molecule has 1 N–H and O–H groups in total. The molecule has 3 rings (SSSR count). The molecule has 1 unspecified atom stereocenters. The maximum Gasteiger partial charge on any atom is 0.310 e. The van der Waals surface area contributed by atoms with Crippen LogP contribution in [0.4, 0.5) is 0 Å². The van der Waals surface area contributed by atoms with E-state index in [1.165, 1.54) is 21.6 Å². The van der Waals surface area contributed by atoms with E-state index in [4.69, 9.17) is 5.11 Å². The number of hydrogen-bond donors (Lipinski definition) is 1. The molecule has 0 bridgehead atoms. The molecule has 0 saturated carbocycles. The van der Waals surface area contributed by atoms with E-state index in [0.29, 0.717) is 0 Å². The Morgan fingerprint density at radius 2 is 1.90 bits per heavy atom. The van der Waals surface area contributed by atoms with Crippen molar-refractivity contribution < 1.29 is 9.90 Å². The maximum atomic E-state index is 11.1. The first-order valence-electron chi connectivity index (χ1n) is 6.78. The van der Waals surface area contributed by atoms with Crippen LogP contribution in [-0.4, -0.2) is 11.1 Å². The predicted molar refractivity (Wildman–Crippen MR) is 79.9 cm³/mol. The van der Waals surface area contributed by atoms with Gasteiger partial charge in [0.15, 0.2) is 0 Å². The summed E-state index contributed by atoms with van der Waals surface area (Å²) in [4.78, 5) is 11.1. The second-order valence-corrected chi connectivity index (χ2v) is 5.20. The highest BCUT2D eigenvalue weighted by Crippen LogP contribution is 2.21. The minimum Gasteiger partial charge on any atom is -0.481 e. The summed E-state index contributed by atoms with van der Waals surface area (Å²) >= 11 is 0. The molecule has 0 aliphatic heterocycles. The Morgan fingerprint density at radius 1 is 1.15 bits per heavy atom. The van der Waals surface area contributed by atoms with E-state index in [0.717, 1.165) is 12.0 Å². The molecule has 1 aliphatic carbocycles. The van der Waals surface area contributed by atoms with E-state index < -0.39 is 11.9 Å². The zero-order chi connectivity index (χ0) is 14.1. The Morgan fingerprint density at radius 3 is 2.65 bits per heavy atom. The molecule has 20 heavy (non-hydrogen) atoms. The summed E-state index contributed by atoms with van der Waals surface area (Å²) in [6.45, 7) is 1.73. The lowest BCUT2D eigenvalue weighted by Gasteiger charge is -2.10. The minimum absolute atomic E-state index is 0.467. The zero-order valence-corrected chi connectivity index (χ0v) is 11.3. The van der Waals surface area contributed by atoms with Crippen LogP contribution in [0.3, 0.4) is 0 Å². The number of carbonyl (C=O) groups is 1. The van der Waals surface area contributed by atoms with E-state index >= 15 is 0 Å². The molecule has 1 aliphatic rings.